The van der Waals surface area contributed by atoms with Crippen molar-refractivity contribution < 1.29 is 31.9 Å². The molecular weight excluding hydrogens is 318 g/mol. The third-order valence-corrected chi connectivity index (χ3v) is 2.74. The quantitative estimate of drug-likeness (QED) is 0.533. The predicted octanol–water partition coefficient (Wildman–Crippen LogP) is 3.04. The van der Waals surface area contributed by atoms with Crippen molar-refractivity contribution in [3.8, 4) is 0 Å². The van der Waals surface area contributed by atoms with Crippen molar-refractivity contribution in [2.45, 2.75) is 0 Å². The van der Waals surface area contributed by atoms with Crippen LogP contribution in [0.15, 0.2) is 36.4 Å². The van der Waals surface area contributed by atoms with Crippen LogP contribution in [-0.4, -0.2) is 18.5 Å². The van der Waals surface area contributed by atoms with Crippen LogP contribution in [0.25, 0.3) is 0 Å². The molecule has 0 atom stereocenters. The summed E-state index contributed by atoms with van der Waals surface area (Å²) in [5.41, 5.74) is -0.991. The summed E-state index contributed by atoms with van der Waals surface area (Å²) in [4.78, 5) is 23.1. The van der Waals surface area contributed by atoms with E-state index in [4.69, 9.17) is 0 Å². The molecule has 2 aromatic carbocycles. The molecule has 4 nitrogen and oxygen atoms in total. The van der Waals surface area contributed by atoms with Gasteiger partial charge in [-0.15, -0.1) is 0 Å². The Bertz CT molecular complexity index is 764. The summed E-state index contributed by atoms with van der Waals surface area (Å²) in [5, 5.41) is 1.91. The number of hydrogen-bond acceptors (Lipinski definition) is 3. The highest BCUT2D eigenvalue weighted by atomic mass is 19.2. The second-order valence-electron chi connectivity index (χ2n) is 4.33. The number of amides is 1. The number of carbonyl (C=O) groups is 2. The lowest BCUT2D eigenvalue weighted by atomic mass is 10.2. The molecule has 0 bridgehead atoms. The predicted molar refractivity (Wildman–Crippen MR) is 71.6 cm³/mol. The van der Waals surface area contributed by atoms with Gasteiger partial charge in [-0.3, -0.25) is 4.79 Å². The molecular formula is C15H9F4NO3. The third-order valence-electron chi connectivity index (χ3n) is 2.74. The van der Waals surface area contributed by atoms with Crippen LogP contribution in [0, 0.1) is 23.3 Å². The number of ether oxygens (including phenoxy) is 1. The Hall–Kier alpha value is -2.90. The smallest absolute Gasteiger partial charge is 0.341 e. The summed E-state index contributed by atoms with van der Waals surface area (Å²) in [7, 11) is 0. The van der Waals surface area contributed by atoms with E-state index in [9.17, 15) is 27.2 Å². The minimum absolute atomic E-state index is 0.376. The molecule has 0 spiro atoms. The summed E-state index contributed by atoms with van der Waals surface area (Å²) in [6.45, 7) is -0.856. The van der Waals surface area contributed by atoms with Crippen molar-refractivity contribution in [3.63, 3.8) is 0 Å². The van der Waals surface area contributed by atoms with Crippen molar-refractivity contribution in [1.82, 2.24) is 0 Å². The van der Waals surface area contributed by atoms with E-state index in [1.54, 1.807) is 0 Å². The van der Waals surface area contributed by atoms with Gasteiger partial charge in [-0.05, 0) is 24.3 Å². The standard InChI is InChI=1S/C15H9F4NO3/c16-9-4-2-1-3-8(9)15(22)23-7-12(21)20-11-6-5-10(17)13(18)14(11)19/h1-6H,7H2,(H,20,21). The molecule has 23 heavy (non-hydrogen) atoms. The second-order valence-corrected chi connectivity index (χ2v) is 4.33. The Kier molecular flexibility index (Phi) is 4.95. The zero-order chi connectivity index (χ0) is 17.0. The molecule has 0 aliphatic heterocycles. The Morgan fingerprint density at radius 1 is 0.913 bits per heavy atom. The molecule has 0 fully saturated rings. The highest BCUT2D eigenvalue weighted by Gasteiger charge is 2.17. The van der Waals surface area contributed by atoms with Gasteiger partial charge in [0, 0.05) is 0 Å². The maximum Gasteiger partial charge on any atom is 0.341 e. The number of nitrogens with one attached hydrogen (secondary N) is 1. The molecule has 120 valence electrons. The minimum atomic E-state index is -1.74. The Morgan fingerprint density at radius 3 is 2.30 bits per heavy atom. The number of anilines is 1. The lowest BCUT2D eigenvalue weighted by Crippen LogP contribution is -2.22. The van der Waals surface area contributed by atoms with Crippen LogP contribution in [0.3, 0.4) is 0 Å². The van der Waals surface area contributed by atoms with Gasteiger partial charge >= 0.3 is 5.97 Å². The third kappa shape index (κ3) is 3.85. The van der Waals surface area contributed by atoms with Crippen molar-refractivity contribution in [2.24, 2.45) is 0 Å². The molecule has 0 saturated heterocycles. The highest BCUT2D eigenvalue weighted by Crippen LogP contribution is 2.19. The molecule has 1 N–H and O–H groups in total. The van der Waals surface area contributed by atoms with Gasteiger partial charge in [-0.25, -0.2) is 22.4 Å². The van der Waals surface area contributed by atoms with Gasteiger partial charge in [-0.1, -0.05) is 12.1 Å². The van der Waals surface area contributed by atoms with E-state index < -0.39 is 47.4 Å². The average Bonchev–Trinajstić information content (AvgIpc) is 2.53. The van der Waals surface area contributed by atoms with Gasteiger partial charge in [0.1, 0.15) is 5.82 Å². The number of rotatable bonds is 4. The van der Waals surface area contributed by atoms with Crippen molar-refractivity contribution >= 4 is 17.6 Å². The van der Waals surface area contributed by atoms with E-state index in [2.05, 4.69) is 4.74 Å². The largest absolute Gasteiger partial charge is 0.452 e. The molecule has 0 saturated carbocycles. The fourth-order valence-corrected chi connectivity index (χ4v) is 1.64. The number of benzene rings is 2. The van der Waals surface area contributed by atoms with Crippen LogP contribution < -0.4 is 5.32 Å². The molecule has 2 rings (SSSR count). The van der Waals surface area contributed by atoms with Crippen LogP contribution >= 0.6 is 0 Å². The molecule has 0 unspecified atom stereocenters. The second kappa shape index (κ2) is 6.91. The molecule has 0 aliphatic carbocycles. The molecule has 8 heteroatoms. The summed E-state index contributed by atoms with van der Waals surface area (Å²) < 4.78 is 57.0. The Labute approximate surface area is 127 Å². The molecule has 0 heterocycles. The van der Waals surface area contributed by atoms with Crippen molar-refractivity contribution in [3.05, 3.63) is 65.2 Å². The van der Waals surface area contributed by atoms with Gasteiger partial charge in [-0.2, -0.15) is 0 Å². The first-order valence-electron chi connectivity index (χ1n) is 6.25. The summed E-state index contributed by atoms with van der Waals surface area (Å²) in [5.74, 6) is -7.66. The Balaban J connectivity index is 1.97. The van der Waals surface area contributed by atoms with Gasteiger partial charge in [0.2, 0.25) is 0 Å². The number of hydrogen-bond donors (Lipinski definition) is 1. The van der Waals surface area contributed by atoms with E-state index in [-0.39, 0.29) is 5.56 Å². The van der Waals surface area contributed by atoms with Gasteiger partial charge in [0.05, 0.1) is 11.3 Å². The lowest BCUT2D eigenvalue weighted by Gasteiger charge is -2.08. The Morgan fingerprint density at radius 2 is 1.61 bits per heavy atom. The van der Waals surface area contributed by atoms with Crippen LogP contribution in [-0.2, 0) is 9.53 Å². The fraction of sp³-hybridized carbons (Fsp3) is 0.0667. The molecule has 0 aliphatic rings. The number of halogens is 4. The van der Waals surface area contributed by atoms with Crippen molar-refractivity contribution in [1.29, 1.82) is 0 Å². The number of carbonyl (C=O) groups excluding carboxylic acids is 2. The lowest BCUT2D eigenvalue weighted by molar-refractivity contribution is -0.119. The first-order valence-corrected chi connectivity index (χ1v) is 6.25. The maximum absolute atomic E-state index is 13.4. The summed E-state index contributed by atoms with van der Waals surface area (Å²) in [6.07, 6.45) is 0. The zero-order valence-electron chi connectivity index (χ0n) is 11.4. The normalized spacial score (nSPS) is 10.3. The van der Waals surface area contributed by atoms with E-state index in [0.717, 1.165) is 18.2 Å². The number of esters is 1. The SMILES string of the molecule is O=C(COC(=O)c1ccccc1F)Nc1ccc(F)c(F)c1F. The topological polar surface area (TPSA) is 55.4 Å². The van der Waals surface area contributed by atoms with E-state index in [1.165, 1.54) is 12.1 Å². The molecule has 1 amide bonds. The monoisotopic (exact) mass is 327 g/mol. The van der Waals surface area contributed by atoms with Crippen LogP contribution in [0.4, 0.5) is 23.2 Å². The molecule has 2 aromatic rings. The van der Waals surface area contributed by atoms with Crippen molar-refractivity contribution in [2.75, 3.05) is 11.9 Å². The summed E-state index contributed by atoms with van der Waals surface area (Å²) in [6, 6.07) is 6.39. The van der Waals surface area contributed by atoms with Crippen LogP contribution in [0.2, 0.25) is 0 Å². The van der Waals surface area contributed by atoms with E-state index in [0.29, 0.717) is 6.07 Å². The van der Waals surface area contributed by atoms with E-state index >= 15 is 0 Å². The molecule has 0 radical (unpaired) electrons. The van der Waals surface area contributed by atoms with Crippen LogP contribution in [0.5, 0.6) is 0 Å². The van der Waals surface area contributed by atoms with Gasteiger partial charge < -0.3 is 10.1 Å². The highest BCUT2D eigenvalue weighted by molar-refractivity contribution is 5.95. The molecule has 0 aromatic heterocycles. The summed E-state index contributed by atoms with van der Waals surface area (Å²) >= 11 is 0. The zero-order valence-corrected chi connectivity index (χ0v) is 11.4. The first-order chi connectivity index (χ1) is 10.9. The van der Waals surface area contributed by atoms with E-state index in [1.807, 2.05) is 5.32 Å². The fourth-order valence-electron chi connectivity index (χ4n) is 1.64. The maximum atomic E-state index is 13.4. The van der Waals surface area contributed by atoms with Gasteiger partial charge in [0.15, 0.2) is 24.1 Å². The van der Waals surface area contributed by atoms with Crippen LogP contribution in [0.1, 0.15) is 10.4 Å². The minimum Gasteiger partial charge on any atom is -0.452 e. The average molecular weight is 327 g/mol. The van der Waals surface area contributed by atoms with Gasteiger partial charge in [0.25, 0.3) is 5.91 Å². The first kappa shape index (κ1) is 16.5.